The number of morpholine rings is 1. The van der Waals surface area contributed by atoms with E-state index in [0.717, 1.165) is 24.7 Å². The smallest absolute Gasteiger partial charge is 0.213 e. The number of ether oxygens (including phenoxy) is 3. The van der Waals surface area contributed by atoms with Crippen molar-refractivity contribution < 1.29 is 14.2 Å². The summed E-state index contributed by atoms with van der Waals surface area (Å²) in [7, 11) is 5.08. The molecule has 122 valence electrons. The third-order valence-electron chi connectivity index (χ3n) is 3.42. The van der Waals surface area contributed by atoms with Crippen LogP contribution >= 0.6 is 0 Å². The van der Waals surface area contributed by atoms with Gasteiger partial charge < -0.3 is 24.4 Å². The van der Waals surface area contributed by atoms with E-state index in [1.807, 2.05) is 18.2 Å². The lowest BCUT2D eigenvalue weighted by molar-refractivity contribution is -0.0447. The van der Waals surface area contributed by atoms with E-state index in [0.29, 0.717) is 25.6 Å². The molecule has 7 nitrogen and oxygen atoms in total. The highest BCUT2D eigenvalue weighted by Crippen LogP contribution is 2.08. The molecular formula is C15H24N4O3. The number of guanidine groups is 1. The van der Waals surface area contributed by atoms with Crippen LogP contribution in [0.4, 0.5) is 0 Å². The van der Waals surface area contributed by atoms with Gasteiger partial charge in [-0.3, -0.25) is 4.99 Å². The maximum Gasteiger partial charge on any atom is 0.213 e. The fraction of sp³-hybridized carbons (Fsp3) is 0.600. The summed E-state index contributed by atoms with van der Waals surface area (Å²) in [6.07, 6.45) is 0.0762. The molecule has 1 fully saturated rings. The molecule has 1 N–H and O–H groups in total. The fourth-order valence-corrected chi connectivity index (χ4v) is 2.37. The molecule has 0 amide bonds. The topological polar surface area (TPSA) is 68.2 Å². The van der Waals surface area contributed by atoms with Crippen LogP contribution in [-0.2, 0) is 16.0 Å². The minimum Gasteiger partial charge on any atom is -0.481 e. The van der Waals surface area contributed by atoms with Gasteiger partial charge in [-0.05, 0) is 6.07 Å². The number of rotatable bonds is 5. The lowest BCUT2D eigenvalue weighted by Crippen LogP contribution is -2.51. The predicted molar refractivity (Wildman–Crippen MR) is 84.2 cm³/mol. The Morgan fingerprint density at radius 2 is 2.36 bits per heavy atom. The minimum atomic E-state index is 0.0762. The number of hydrogen-bond acceptors (Lipinski definition) is 5. The van der Waals surface area contributed by atoms with Crippen molar-refractivity contribution >= 4 is 5.96 Å². The second-order valence-corrected chi connectivity index (χ2v) is 4.97. The molecule has 2 rings (SSSR count). The Kier molecular flexibility index (Phi) is 6.42. The van der Waals surface area contributed by atoms with Crippen molar-refractivity contribution in [3.05, 3.63) is 23.9 Å². The predicted octanol–water partition coefficient (Wildman–Crippen LogP) is 0.513. The number of hydrogen-bond donors (Lipinski definition) is 1. The molecule has 1 aliphatic heterocycles. The molecule has 1 aliphatic rings. The van der Waals surface area contributed by atoms with Gasteiger partial charge in [0.25, 0.3) is 0 Å². The van der Waals surface area contributed by atoms with E-state index < -0.39 is 0 Å². The van der Waals surface area contributed by atoms with Crippen molar-refractivity contribution in [2.75, 3.05) is 47.6 Å². The first-order valence-electron chi connectivity index (χ1n) is 7.33. The van der Waals surface area contributed by atoms with Crippen molar-refractivity contribution in [3.63, 3.8) is 0 Å². The van der Waals surface area contributed by atoms with Gasteiger partial charge in [0.2, 0.25) is 5.88 Å². The molecule has 2 heterocycles. The molecule has 0 saturated carbocycles. The summed E-state index contributed by atoms with van der Waals surface area (Å²) in [5.74, 6) is 1.45. The standard InChI is InChI=1S/C15H24N4O3/c1-16-15(19-7-8-22-13(10-19)11-20-2)17-9-12-5-4-6-14(18-12)21-3/h4-6,13H,7-11H2,1-3H3,(H,16,17). The second-order valence-electron chi connectivity index (χ2n) is 4.97. The van der Waals surface area contributed by atoms with Gasteiger partial charge in [-0.2, -0.15) is 0 Å². The maximum absolute atomic E-state index is 5.66. The van der Waals surface area contributed by atoms with Crippen LogP contribution < -0.4 is 10.1 Å². The largest absolute Gasteiger partial charge is 0.481 e. The van der Waals surface area contributed by atoms with E-state index in [4.69, 9.17) is 14.2 Å². The van der Waals surface area contributed by atoms with Gasteiger partial charge in [0.15, 0.2) is 5.96 Å². The zero-order valence-electron chi connectivity index (χ0n) is 13.4. The summed E-state index contributed by atoms with van der Waals surface area (Å²) in [6, 6.07) is 5.71. The minimum absolute atomic E-state index is 0.0762. The van der Waals surface area contributed by atoms with Crippen molar-refractivity contribution in [1.29, 1.82) is 0 Å². The van der Waals surface area contributed by atoms with Gasteiger partial charge in [0.1, 0.15) is 0 Å². The Morgan fingerprint density at radius 3 is 3.09 bits per heavy atom. The number of nitrogens with zero attached hydrogens (tertiary/aromatic N) is 3. The molecule has 1 atom stereocenters. The quantitative estimate of drug-likeness (QED) is 0.631. The first-order chi connectivity index (χ1) is 10.8. The number of methoxy groups -OCH3 is 2. The average molecular weight is 308 g/mol. The van der Waals surface area contributed by atoms with Gasteiger partial charge >= 0.3 is 0 Å². The molecule has 0 bridgehead atoms. The summed E-state index contributed by atoms with van der Waals surface area (Å²) in [4.78, 5) is 10.9. The Hall–Kier alpha value is -1.86. The Labute approximate surface area is 131 Å². The van der Waals surface area contributed by atoms with Crippen LogP contribution in [-0.4, -0.2) is 69.5 Å². The second kappa shape index (κ2) is 8.55. The molecule has 7 heteroatoms. The SMILES string of the molecule is CN=C(NCc1cccc(OC)n1)N1CCOC(COC)C1. The van der Waals surface area contributed by atoms with Crippen LogP contribution in [0.3, 0.4) is 0 Å². The molecule has 1 unspecified atom stereocenters. The number of nitrogens with one attached hydrogen (secondary N) is 1. The Morgan fingerprint density at radius 1 is 1.50 bits per heavy atom. The van der Waals surface area contributed by atoms with Crippen LogP contribution in [0.25, 0.3) is 0 Å². The fourth-order valence-electron chi connectivity index (χ4n) is 2.37. The normalized spacial score (nSPS) is 19.1. The first kappa shape index (κ1) is 16.5. The maximum atomic E-state index is 5.66. The monoisotopic (exact) mass is 308 g/mol. The molecule has 0 aliphatic carbocycles. The summed E-state index contributed by atoms with van der Waals surface area (Å²) in [6.45, 7) is 3.43. The average Bonchev–Trinajstić information content (AvgIpc) is 2.56. The molecule has 0 spiro atoms. The van der Waals surface area contributed by atoms with E-state index in [1.165, 1.54) is 0 Å². The third-order valence-corrected chi connectivity index (χ3v) is 3.42. The number of pyridine rings is 1. The lowest BCUT2D eigenvalue weighted by atomic mass is 10.3. The van der Waals surface area contributed by atoms with Crippen LogP contribution in [0.5, 0.6) is 5.88 Å². The third kappa shape index (κ3) is 4.57. The summed E-state index contributed by atoms with van der Waals surface area (Å²) >= 11 is 0. The van der Waals surface area contributed by atoms with Crippen molar-refractivity contribution in [2.45, 2.75) is 12.6 Å². The van der Waals surface area contributed by atoms with Crippen molar-refractivity contribution in [1.82, 2.24) is 15.2 Å². The zero-order valence-corrected chi connectivity index (χ0v) is 13.4. The van der Waals surface area contributed by atoms with E-state index in [9.17, 15) is 0 Å². The molecular weight excluding hydrogens is 284 g/mol. The van der Waals surface area contributed by atoms with Crippen LogP contribution in [0.1, 0.15) is 5.69 Å². The Bertz CT molecular complexity index is 493. The van der Waals surface area contributed by atoms with Gasteiger partial charge in [-0.15, -0.1) is 0 Å². The molecule has 0 radical (unpaired) electrons. The summed E-state index contributed by atoms with van der Waals surface area (Å²) in [5, 5.41) is 3.33. The van der Waals surface area contributed by atoms with Crippen molar-refractivity contribution in [3.8, 4) is 5.88 Å². The van der Waals surface area contributed by atoms with Crippen LogP contribution in [0.2, 0.25) is 0 Å². The highest BCUT2D eigenvalue weighted by Gasteiger charge is 2.22. The molecule has 0 aromatic carbocycles. The van der Waals surface area contributed by atoms with Gasteiger partial charge in [0.05, 0.1) is 38.7 Å². The number of aromatic nitrogens is 1. The molecule has 1 aromatic rings. The zero-order chi connectivity index (χ0) is 15.8. The van der Waals surface area contributed by atoms with Crippen molar-refractivity contribution in [2.24, 2.45) is 4.99 Å². The summed E-state index contributed by atoms with van der Waals surface area (Å²) < 4.78 is 16.0. The van der Waals surface area contributed by atoms with E-state index in [-0.39, 0.29) is 6.10 Å². The van der Waals surface area contributed by atoms with Gasteiger partial charge in [0, 0.05) is 33.3 Å². The Balaban J connectivity index is 1.91. The number of aliphatic imine (C=N–C) groups is 1. The summed E-state index contributed by atoms with van der Waals surface area (Å²) in [5.41, 5.74) is 0.905. The van der Waals surface area contributed by atoms with Gasteiger partial charge in [-0.1, -0.05) is 6.07 Å². The van der Waals surface area contributed by atoms with E-state index in [2.05, 4.69) is 20.2 Å². The van der Waals surface area contributed by atoms with E-state index >= 15 is 0 Å². The van der Waals surface area contributed by atoms with Gasteiger partial charge in [-0.25, -0.2) is 4.98 Å². The molecule has 1 saturated heterocycles. The van der Waals surface area contributed by atoms with Crippen LogP contribution in [0, 0.1) is 0 Å². The van der Waals surface area contributed by atoms with E-state index in [1.54, 1.807) is 21.3 Å². The molecule has 1 aromatic heterocycles. The first-order valence-corrected chi connectivity index (χ1v) is 7.33. The molecule has 22 heavy (non-hydrogen) atoms. The highest BCUT2D eigenvalue weighted by atomic mass is 16.5. The lowest BCUT2D eigenvalue weighted by Gasteiger charge is -2.34. The highest BCUT2D eigenvalue weighted by molar-refractivity contribution is 5.79. The van der Waals surface area contributed by atoms with Crippen LogP contribution in [0.15, 0.2) is 23.2 Å².